The van der Waals surface area contributed by atoms with Crippen LogP contribution < -0.4 is 5.32 Å². The first-order valence-corrected chi connectivity index (χ1v) is 12.2. The molecule has 1 N–H and O–H groups in total. The van der Waals surface area contributed by atoms with E-state index in [0.717, 1.165) is 29.5 Å². The van der Waals surface area contributed by atoms with E-state index in [0.29, 0.717) is 6.54 Å². The van der Waals surface area contributed by atoms with Crippen molar-refractivity contribution in [2.45, 2.75) is 43.8 Å². The molecule has 0 aliphatic carbocycles. The highest BCUT2D eigenvalue weighted by atomic mass is 16.8. The lowest BCUT2D eigenvalue weighted by atomic mass is 9.94. The average Bonchev–Trinajstić information content (AvgIpc) is 3.25. The topological polar surface area (TPSA) is 67.9 Å². The van der Waals surface area contributed by atoms with Crippen molar-refractivity contribution < 1.29 is 19.1 Å². The van der Waals surface area contributed by atoms with Gasteiger partial charge in [-0.2, -0.15) is 0 Å². The maximum atomic E-state index is 13.9. The van der Waals surface area contributed by atoms with E-state index in [9.17, 15) is 9.59 Å². The molecule has 2 amide bonds. The normalized spacial score (nSPS) is 23.5. The molecule has 2 bridgehead atoms. The van der Waals surface area contributed by atoms with E-state index < -0.39 is 18.0 Å². The van der Waals surface area contributed by atoms with Gasteiger partial charge in [-0.3, -0.25) is 9.59 Å². The zero-order chi connectivity index (χ0) is 24.3. The van der Waals surface area contributed by atoms with Gasteiger partial charge < -0.3 is 19.7 Å². The molecule has 180 valence electrons. The molecule has 0 radical (unpaired) electrons. The Morgan fingerprint density at radius 3 is 2.09 bits per heavy atom. The van der Waals surface area contributed by atoms with Gasteiger partial charge in [-0.25, -0.2) is 0 Å². The van der Waals surface area contributed by atoms with Crippen LogP contribution in [0.15, 0.2) is 91.0 Å². The number of nitrogens with zero attached hydrogens (tertiary/aromatic N) is 1. The molecule has 0 saturated carbocycles. The van der Waals surface area contributed by atoms with Crippen molar-refractivity contribution in [1.82, 2.24) is 10.2 Å². The van der Waals surface area contributed by atoms with Gasteiger partial charge in [0.2, 0.25) is 5.79 Å². The van der Waals surface area contributed by atoms with Crippen LogP contribution in [0.25, 0.3) is 0 Å². The van der Waals surface area contributed by atoms with E-state index in [2.05, 4.69) is 12.2 Å². The Morgan fingerprint density at radius 2 is 1.51 bits per heavy atom. The number of hydrogen-bond donors (Lipinski definition) is 1. The minimum absolute atomic E-state index is 0.166. The third kappa shape index (κ3) is 4.47. The lowest BCUT2D eigenvalue weighted by Crippen LogP contribution is -2.55. The van der Waals surface area contributed by atoms with Crippen LogP contribution >= 0.6 is 0 Å². The van der Waals surface area contributed by atoms with E-state index >= 15 is 0 Å². The predicted octanol–water partition coefficient (Wildman–Crippen LogP) is 4.17. The number of ether oxygens (including phenoxy) is 2. The number of nitrogens with one attached hydrogen (secondary N) is 1. The van der Waals surface area contributed by atoms with Crippen molar-refractivity contribution in [2.75, 3.05) is 13.1 Å². The standard InChI is InChI=1S/C29H30N2O4/c1-2-3-19-30-27(32)25-26-28(33)31(20-29(34-25,35-26)23-17-11-6-12-18-23)24(21-13-7-4-8-14-21)22-15-9-5-10-16-22/h4-18,24-26H,2-3,19-20H2,1H3,(H,30,32)/t25-,26+,29-/m1/s1. The Morgan fingerprint density at radius 1 is 0.943 bits per heavy atom. The van der Waals surface area contributed by atoms with Gasteiger partial charge in [-0.05, 0) is 17.5 Å². The van der Waals surface area contributed by atoms with Crippen LogP contribution in [0.3, 0.4) is 0 Å². The molecule has 3 aromatic carbocycles. The fraction of sp³-hybridized carbons (Fsp3) is 0.310. The van der Waals surface area contributed by atoms with E-state index in [4.69, 9.17) is 9.47 Å². The van der Waals surface area contributed by atoms with Gasteiger partial charge >= 0.3 is 0 Å². The van der Waals surface area contributed by atoms with Crippen LogP contribution in [0, 0.1) is 0 Å². The number of rotatable bonds is 8. The van der Waals surface area contributed by atoms with Crippen molar-refractivity contribution in [1.29, 1.82) is 0 Å². The second kappa shape index (κ2) is 10.0. The van der Waals surface area contributed by atoms with Crippen LogP contribution in [0.4, 0.5) is 0 Å². The smallest absolute Gasteiger partial charge is 0.256 e. The first kappa shape index (κ1) is 23.3. The van der Waals surface area contributed by atoms with Gasteiger partial charge in [0.25, 0.3) is 11.8 Å². The van der Waals surface area contributed by atoms with E-state index in [1.165, 1.54) is 0 Å². The van der Waals surface area contributed by atoms with Gasteiger partial charge in [-0.15, -0.1) is 0 Å². The maximum absolute atomic E-state index is 13.9. The lowest BCUT2D eigenvalue weighted by Gasteiger charge is -2.42. The van der Waals surface area contributed by atoms with E-state index in [-0.39, 0.29) is 24.4 Å². The fourth-order valence-electron chi connectivity index (χ4n) is 4.92. The molecule has 3 aromatic rings. The Balaban J connectivity index is 1.56. The molecule has 35 heavy (non-hydrogen) atoms. The summed E-state index contributed by atoms with van der Waals surface area (Å²) >= 11 is 0. The number of fused-ring (bicyclic) bond motifs is 2. The maximum Gasteiger partial charge on any atom is 0.256 e. The zero-order valence-electron chi connectivity index (χ0n) is 19.8. The minimum atomic E-state index is -1.23. The van der Waals surface area contributed by atoms with Gasteiger partial charge in [0.05, 0.1) is 12.6 Å². The molecule has 2 aliphatic rings. The van der Waals surface area contributed by atoms with Crippen LogP contribution in [0.5, 0.6) is 0 Å². The first-order valence-electron chi connectivity index (χ1n) is 12.2. The number of hydrogen-bond acceptors (Lipinski definition) is 4. The van der Waals surface area contributed by atoms with Crippen LogP contribution in [-0.4, -0.2) is 42.0 Å². The summed E-state index contributed by atoms with van der Waals surface area (Å²) in [7, 11) is 0. The van der Waals surface area contributed by atoms with Gasteiger partial charge in [-0.1, -0.05) is 104 Å². The molecule has 0 spiro atoms. The summed E-state index contributed by atoms with van der Waals surface area (Å²) in [6.07, 6.45) is -0.225. The van der Waals surface area contributed by atoms with Crippen LogP contribution in [0.2, 0.25) is 0 Å². The summed E-state index contributed by atoms with van der Waals surface area (Å²) in [5.74, 6) is -1.79. The first-order chi connectivity index (χ1) is 17.1. The molecule has 6 heteroatoms. The molecule has 2 aliphatic heterocycles. The zero-order valence-corrected chi connectivity index (χ0v) is 19.8. The monoisotopic (exact) mass is 470 g/mol. The number of benzene rings is 3. The number of morpholine rings is 1. The molecule has 3 atom stereocenters. The molecule has 5 rings (SSSR count). The summed E-state index contributed by atoms with van der Waals surface area (Å²) in [6.45, 7) is 2.77. The molecular weight excluding hydrogens is 440 g/mol. The Kier molecular flexibility index (Phi) is 6.66. The van der Waals surface area contributed by atoms with Gasteiger partial charge in [0.1, 0.15) is 0 Å². The average molecular weight is 471 g/mol. The molecule has 2 saturated heterocycles. The SMILES string of the molecule is CCCCNC(=O)[C@@H]1O[C@]2(c3ccccc3)CN(C(c3ccccc3)c3ccccc3)C(=O)[C@H]1O2. The summed E-state index contributed by atoms with van der Waals surface area (Å²) in [5.41, 5.74) is 2.76. The number of unbranched alkanes of at least 4 members (excludes halogenated alkanes) is 1. The van der Waals surface area contributed by atoms with Crippen LogP contribution in [-0.2, 0) is 24.8 Å². The predicted molar refractivity (Wildman–Crippen MR) is 132 cm³/mol. The summed E-state index contributed by atoms with van der Waals surface area (Å²) in [4.78, 5) is 28.9. The van der Waals surface area contributed by atoms with Crippen molar-refractivity contribution >= 4 is 11.8 Å². The second-order valence-electron chi connectivity index (χ2n) is 9.03. The van der Waals surface area contributed by atoms with E-state index in [1.807, 2.05) is 95.9 Å². The third-order valence-corrected chi connectivity index (χ3v) is 6.66. The van der Waals surface area contributed by atoms with Gasteiger partial charge in [0.15, 0.2) is 12.2 Å². The molecule has 2 heterocycles. The number of amides is 2. The summed E-state index contributed by atoms with van der Waals surface area (Å²) in [5, 5.41) is 2.92. The van der Waals surface area contributed by atoms with Crippen molar-refractivity contribution in [2.24, 2.45) is 0 Å². The number of carbonyl (C=O) groups excluding carboxylic acids is 2. The molecule has 2 fully saturated rings. The van der Waals surface area contributed by atoms with E-state index in [1.54, 1.807) is 0 Å². The number of carbonyl (C=O) groups is 2. The second-order valence-corrected chi connectivity index (χ2v) is 9.03. The molecule has 6 nitrogen and oxygen atoms in total. The quantitative estimate of drug-likeness (QED) is 0.502. The Hall–Kier alpha value is -3.48. The molecule has 0 aromatic heterocycles. The molecule has 0 unspecified atom stereocenters. The Labute approximate surface area is 205 Å². The third-order valence-electron chi connectivity index (χ3n) is 6.66. The van der Waals surface area contributed by atoms with Crippen LogP contribution in [0.1, 0.15) is 42.5 Å². The van der Waals surface area contributed by atoms with Crippen molar-refractivity contribution in [3.63, 3.8) is 0 Å². The largest absolute Gasteiger partial charge is 0.354 e. The highest BCUT2D eigenvalue weighted by Crippen LogP contribution is 2.46. The Bertz CT molecular complexity index is 1120. The van der Waals surface area contributed by atoms with Crippen molar-refractivity contribution in [3.8, 4) is 0 Å². The summed E-state index contributed by atoms with van der Waals surface area (Å²) < 4.78 is 12.7. The summed E-state index contributed by atoms with van der Waals surface area (Å²) in [6, 6.07) is 29.1. The fourth-order valence-corrected chi connectivity index (χ4v) is 4.92. The van der Waals surface area contributed by atoms with Crippen molar-refractivity contribution in [3.05, 3.63) is 108 Å². The highest BCUT2D eigenvalue weighted by molar-refractivity contribution is 5.93. The molecular formula is C29H30N2O4. The van der Waals surface area contributed by atoms with Gasteiger partial charge in [0, 0.05) is 12.1 Å². The minimum Gasteiger partial charge on any atom is -0.354 e. The lowest BCUT2D eigenvalue weighted by molar-refractivity contribution is -0.220. The highest BCUT2D eigenvalue weighted by Gasteiger charge is 2.61.